The monoisotopic (exact) mass is 260 g/mol. The van der Waals surface area contributed by atoms with Gasteiger partial charge in [0.15, 0.2) is 11.3 Å². The molecular weight excluding hydrogens is 244 g/mol. The fourth-order valence-corrected chi connectivity index (χ4v) is 2.14. The van der Waals surface area contributed by atoms with Gasteiger partial charge in [-0.2, -0.15) is 5.10 Å². The molecule has 0 aromatic carbocycles. The van der Waals surface area contributed by atoms with Gasteiger partial charge in [-0.25, -0.2) is 9.98 Å². The first-order chi connectivity index (χ1) is 9.06. The molecule has 0 aliphatic carbocycles. The van der Waals surface area contributed by atoms with Crippen LogP contribution in [-0.2, 0) is 13.5 Å². The molecule has 19 heavy (non-hydrogen) atoms. The third-order valence-corrected chi connectivity index (χ3v) is 3.10. The van der Waals surface area contributed by atoms with E-state index in [9.17, 15) is 0 Å². The number of aromatic amines is 1. The summed E-state index contributed by atoms with van der Waals surface area (Å²) in [5.41, 5.74) is 13.8. The van der Waals surface area contributed by atoms with E-state index >= 15 is 0 Å². The fourth-order valence-electron chi connectivity index (χ4n) is 2.14. The van der Waals surface area contributed by atoms with Crippen molar-refractivity contribution >= 4 is 5.82 Å². The number of aromatic nitrogens is 4. The van der Waals surface area contributed by atoms with E-state index in [1.807, 2.05) is 19.4 Å². The second kappa shape index (κ2) is 4.09. The van der Waals surface area contributed by atoms with Crippen molar-refractivity contribution in [3.63, 3.8) is 0 Å². The Hall–Kier alpha value is -2.35. The number of hydrogen-bond acceptors (Lipinski definition) is 6. The van der Waals surface area contributed by atoms with Crippen LogP contribution in [0.3, 0.4) is 0 Å². The zero-order valence-corrected chi connectivity index (χ0v) is 10.6. The van der Waals surface area contributed by atoms with Gasteiger partial charge in [-0.3, -0.25) is 10.4 Å². The molecular formula is C11H16N8. The van der Waals surface area contributed by atoms with E-state index in [0.29, 0.717) is 23.1 Å². The highest BCUT2D eigenvalue weighted by Gasteiger charge is 2.27. The second-order valence-corrected chi connectivity index (χ2v) is 4.70. The van der Waals surface area contributed by atoms with Crippen LogP contribution in [0.4, 0.5) is 0 Å². The third-order valence-electron chi connectivity index (χ3n) is 3.10. The summed E-state index contributed by atoms with van der Waals surface area (Å²) in [7, 11) is 1.88. The number of nitrogens with one attached hydrogen (secondary N) is 2. The summed E-state index contributed by atoms with van der Waals surface area (Å²) in [6, 6.07) is 0. The predicted molar refractivity (Wildman–Crippen MR) is 68.5 cm³/mol. The lowest BCUT2D eigenvalue weighted by Gasteiger charge is -2.28. The van der Waals surface area contributed by atoms with Crippen LogP contribution >= 0.6 is 0 Å². The minimum atomic E-state index is -0.928. The summed E-state index contributed by atoms with van der Waals surface area (Å²) in [6.45, 7) is 0. The Bertz CT molecular complexity index is 711. The summed E-state index contributed by atoms with van der Waals surface area (Å²) in [4.78, 5) is 11.4. The van der Waals surface area contributed by atoms with Crippen molar-refractivity contribution in [1.82, 2.24) is 25.1 Å². The van der Waals surface area contributed by atoms with Crippen LogP contribution in [0.2, 0.25) is 0 Å². The zero-order chi connectivity index (χ0) is 13.5. The van der Waals surface area contributed by atoms with Crippen LogP contribution in [0.15, 0.2) is 23.7 Å². The molecule has 8 heteroatoms. The average molecular weight is 260 g/mol. The molecule has 2 aromatic rings. The number of fused-ring (bicyclic) bond motifs is 1. The van der Waals surface area contributed by atoms with Gasteiger partial charge in [-0.05, 0) is 12.0 Å². The molecule has 1 unspecified atom stereocenters. The molecule has 100 valence electrons. The van der Waals surface area contributed by atoms with Gasteiger partial charge < -0.3 is 16.0 Å². The Balaban J connectivity index is 1.82. The SMILES string of the molecule is Cn1cc(CCC2(N)N=c3nc[nH]c3=C(N)N2)cn1. The Kier molecular flexibility index (Phi) is 2.53. The molecule has 8 nitrogen and oxygen atoms in total. The van der Waals surface area contributed by atoms with E-state index in [2.05, 4.69) is 25.4 Å². The van der Waals surface area contributed by atoms with Crippen LogP contribution in [0.5, 0.6) is 0 Å². The first-order valence-electron chi connectivity index (χ1n) is 5.99. The van der Waals surface area contributed by atoms with Gasteiger partial charge >= 0.3 is 0 Å². The standard InChI is InChI=1S/C11H16N8/c1-19-5-7(4-16-19)2-3-11(13)17-9(12)8-10(18-11)15-6-14-8/h4-6,17H,2-3,12-13H2,1H3,(H,14,15,18). The molecule has 6 N–H and O–H groups in total. The normalized spacial score (nSPS) is 21.7. The van der Waals surface area contributed by atoms with E-state index in [-0.39, 0.29) is 0 Å². The third kappa shape index (κ3) is 2.17. The minimum Gasteiger partial charge on any atom is -0.384 e. The molecule has 0 bridgehead atoms. The van der Waals surface area contributed by atoms with Gasteiger partial charge in [-0.1, -0.05) is 0 Å². The number of hydrogen-bond donors (Lipinski definition) is 4. The highest BCUT2D eigenvalue weighted by atomic mass is 15.3. The van der Waals surface area contributed by atoms with Crippen LogP contribution in [0.25, 0.3) is 5.82 Å². The summed E-state index contributed by atoms with van der Waals surface area (Å²) < 4.78 is 1.76. The minimum absolute atomic E-state index is 0.469. The van der Waals surface area contributed by atoms with Gasteiger partial charge in [0.25, 0.3) is 0 Å². The lowest BCUT2D eigenvalue weighted by Crippen LogP contribution is -2.60. The number of aryl methyl sites for hydroxylation is 2. The van der Waals surface area contributed by atoms with Crippen LogP contribution in [-0.4, -0.2) is 25.5 Å². The smallest absolute Gasteiger partial charge is 0.186 e. The quantitative estimate of drug-likeness (QED) is 0.491. The topological polar surface area (TPSA) is 123 Å². The highest BCUT2D eigenvalue weighted by molar-refractivity contribution is 5.37. The van der Waals surface area contributed by atoms with Crippen molar-refractivity contribution in [2.24, 2.45) is 23.5 Å². The summed E-state index contributed by atoms with van der Waals surface area (Å²) in [6.07, 6.45) is 6.69. The van der Waals surface area contributed by atoms with E-state index < -0.39 is 5.79 Å². The van der Waals surface area contributed by atoms with Gasteiger partial charge in [0.05, 0.1) is 12.5 Å². The molecule has 0 amide bonds. The Morgan fingerprint density at radius 2 is 2.32 bits per heavy atom. The van der Waals surface area contributed by atoms with Gasteiger partial charge in [-0.15, -0.1) is 0 Å². The predicted octanol–water partition coefficient (Wildman–Crippen LogP) is -2.36. The molecule has 0 spiro atoms. The maximum atomic E-state index is 6.22. The van der Waals surface area contributed by atoms with Crippen molar-refractivity contribution in [3.8, 4) is 0 Å². The maximum Gasteiger partial charge on any atom is 0.186 e. The number of nitrogens with zero attached hydrogens (tertiary/aromatic N) is 4. The number of rotatable bonds is 3. The van der Waals surface area contributed by atoms with Gasteiger partial charge in [0.2, 0.25) is 0 Å². The fraction of sp³-hybridized carbons (Fsp3) is 0.364. The van der Waals surface area contributed by atoms with Crippen molar-refractivity contribution in [1.29, 1.82) is 0 Å². The molecule has 1 atom stereocenters. The molecule has 3 heterocycles. The molecule has 0 saturated heterocycles. The Labute approximate surface area is 109 Å². The largest absolute Gasteiger partial charge is 0.384 e. The molecule has 1 aliphatic rings. The number of H-pyrrole nitrogens is 1. The maximum absolute atomic E-state index is 6.22. The molecule has 2 aromatic heterocycles. The van der Waals surface area contributed by atoms with Crippen molar-refractivity contribution in [2.75, 3.05) is 0 Å². The van der Waals surface area contributed by atoms with E-state index in [0.717, 1.165) is 12.0 Å². The summed E-state index contributed by atoms with van der Waals surface area (Å²) in [5.74, 6) is -0.460. The lowest BCUT2D eigenvalue weighted by molar-refractivity contribution is 0.353. The van der Waals surface area contributed by atoms with E-state index in [4.69, 9.17) is 11.5 Å². The summed E-state index contributed by atoms with van der Waals surface area (Å²) in [5, 5.41) is 7.83. The van der Waals surface area contributed by atoms with Crippen LogP contribution in [0, 0.1) is 0 Å². The second-order valence-electron chi connectivity index (χ2n) is 4.70. The highest BCUT2D eigenvalue weighted by Crippen LogP contribution is 2.11. The van der Waals surface area contributed by atoms with Gasteiger partial charge in [0.1, 0.15) is 11.2 Å². The summed E-state index contributed by atoms with van der Waals surface area (Å²) >= 11 is 0. The first-order valence-corrected chi connectivity index (χ1v) is 5.99. The van der Waals surface area contributed by atoms with E-state index in [1.165, 1.54) is 0 Å². The zero-order valence-electron chi connectivity index (χ0n) is 10.6. The van der Waals surface area contributed by atoms with Crippen LogP contribution in [0.1, 0.15) is 12.0 Å². The van der Waals surface area contributed by atoms with E-state index in [1.54, 1.807) is 11.0 Å². The molecule has 0 fully saturated rings. The molecule has 0 radical (unpaired) electrons. The van der Waals surface area contributed by atoms with Gasteiger partial charge in [0, 0.05) is 19.7 Å². The van der Waals surface area contributed by atoms with Crippen molar-refractivity contribution in [3.05, 3.63) is 35.1 Å². The Morgan fingerprint density at radius 3 is 3.05 bits per heavy atom. The number of nitrogens with two attached hydrogens (primary N) is 2. The van der Waals surface area contributed by atoms with Crippen LogP contribution < -0.4 is 27.6 Å². The average Bonchev–Trinajstić information content (AvgIpc) is 2.95. The molecule has 3 rings (SSSR count). The lowest BCUT2D eigenvalue weighted by atomic mass is 10.1. The Morgan fingerprint density at radius 1 is 1.47 bits per heavy atom. The van der Waals surface area contributed by atoms with Crippen molar-refractivity contribution < 1.29 is 0 Å². The van der Waals surface area contributed by atoms with Crippen molar-refractivity contribution in [2.45, 2.75) is 18.6 Å². The number of imidazole rings is 1. The molecule has 0 saturated carbocycles. The molecule has 1 aliphatic heterocycles. The first kappa shape index (κ1) is 11.7.